The first kappa shape index (κ1) is 17.9. The van der Waals surface area contributed by atoms with Crippen LogP contribution in [0.3, 0.4) is 0 Å². The Hall–Kier alpha value is -2.46. The van der Waals surface area contributed by atoms with Crippen molar-refractivity contribution in [2.45, 2.75) is 25.5 Å². The summed E-state index contributed by atoms with van der Waals surface area (Å²) in [5.74, 6) is 0.906. The van der Waals surface area contributed by atoms with Gasteiger partial charge in [-0.2, -0.15) is 0 Å². The van der Waals surface area contributed by atoms with Crippen LogP contribution in [0.15, 0.2) is 54.8 Å². The van der Waals surface area contributed by atoms with Crippen molar-refractivity contribution >= 4 is 6.08 Å². The topological polar surface area (TPSA) is 50.7 Å². The number of dihydropyridines is 1. The van der Waals surface area contributed by atoms with Gasteiger partial charge in [0.15, 0.2) is 5.72 Å². The SMILES string of the molecule is C=C(C)CCc1c(O)cc(C=CC2(OC)C=CC=CN2)cc1OC. The second kappa shape index (κ2) is 7.88. The molecule has 0 amide bonds. The van der Waals surface area contributed by atoms with Gasteiger partial charge in [0.25, 0.3) is 0 Å². The number of benzene rings is 1. The Bertz CT molecular complexity index is 688. The van der Waals surface area contributed by atoms with Crippen molar-refractivity contribution in [3.05, 3.63) is 65.9 Å². The Morgan fingerprint density at radius 2 is 2.12 bits per heavy atom. The number of phenolic OH excluding ortho intramolecular Hbond substituents is 1. The zero-order valence-electron chi connectivity index (χ0n) is 14.5. The molecule has 0 fully saturated rings. The molecule has 0 spiro atoms. The van der Waals surface area contributed by atoms with Gasteiger partial charge in [0, 0.05) is 12.7 Å². The third-order valence-corrected chi connectivity index (χ3v) is 3.95. The lowest BCUT2D eigenvalue weighted by molar-refractivity contribution is 0.0561. The lowest BCUT2D eigenvalue weighted by Crippen LogP contribution is -2.41. The fourth-order valence-electron chi connectivity index (χ4n) is 2.52. The molecule has 1 aliphatic heterocycles. The van der Waals surface area contributed by atoms with E-state index < -0.39 is 5.72 Å². The highest BCUT2D eigenvalue weighted by molar-refractivity contribution is 5.60. The molecule has 0 radical (unpaired) electrons. The number of allylic oxidation sites excluding steroid dienone is 3. The average Bonchev–Trinajstić information content (AvgIpc) is 2.59. The van der Waals surface area contributed by atoms with Gasteiger partial charge in [-0.05, 0) is 61.9 Å². The number of methoxy groups -OCH3 is 2. The van der Waals surface area contributed by atoms with Crippen molar-refractivity contribution < 1.29 is 14.6 Å². The molecule has 4 nitrogen and oxygen atoms in total. The summed E-state index contributed by atoms with van der Waals surface area (Å²) in [4.78, 5) is 0. The summed E-state index contributed by atoms with van der Waals surface area (Å²) in [7, 11) is 3.25. The average molecular weight is 327 g/mol. The zero-order chi connectivity index (χ0) is 17.6. The largest absolute Gasteiger partial charge is 0.508 e. The quantitative estimate of drug-likeness (QED) is 0.745. The van der Waals surface area contributed by atoms with Gasteiger partial charge in [0.05, 0.1) is 7.11 Å². The number of ether oxygens (including phenoxy) is 2. The summed E-state index contributed by atoms with van der Waals surface area (Å²) in [6.45, 7) is 5.88. The van der Waals surface area contributed by atoms with Crippen molar-refractivity contribution in [3.8, 4) is 11.5 Å². The van der Waals surface area contributed by atoms with Crippen molar-refractivity contribution in [2.24, 2.45) is 0 Å². The molecule has 4 heteroatoms. The van der Waals surface area contributed by atoms with E-state index in [2.05, 4.69) is 11.9 Å². The van der Waals surface area contributed by atoms with Crippen LogP contribution in [0, 0.1) is 0 Å². The molecule has 24 heavy (non-hydrogen) atoms. The van der Waals surface area contributed by atoms with Crippen molar-refractivity contribution in [3.63, 3.8) is 0 Å². The number of phenols is 1. The highest BCUT2D eigenvalue weighted by Gasteiger charge is 2.22. The van der Waals surface area contributed by atoms with Crippen LogP contribution in [0.5, 0.6) is 11.5 Å². The molecule has 0 aliphatic carbocycles. The number of nitrogens with one attached hydrogen (secondary N) is 1. The number of rotatable bonds is 7. The van der Waals surface area contributed by atoms with Crippen LogP contribution < -0.4 is 10.1 Å². The Kier molecular flexibility index (Phi) is 5.88. The first-order valence-corrected chi connectivity index (χ1v) is 7.90. The lowest BCUT2D eigenvalue weighted by Gasteiger charge is -2.28. The molecule has 2 N–H and O–H groups in total. The van der Waals surface area contributed by atoms with Gasteiger partial charge in [-0.15, -0.1) is 6.58 Å². The molecule has 1 aromatic carbocycles. The van der Waals surface area contributed by atoms with Gasteiger partial charge in [-0.1, -0.05) is 17.7 Å². The minimum atomic E-state index is -0.684. The van der Waals surface area contributed by atoms with Gasteiger partial charge in [-0.3, -0.25) is 0 Å². The molecule has 1 aliphatic rings. The van der Waals surface area contributed by atoms with Crippen molar-refractivity contribution in [2.75, 3.05) is 14.2 Å². The first-order chi connectivity index (χ1) is 11.5. The number of hydrogen-bond donors (Lipinski definition) is 2. The van der Waals surface area contributed by atoms with E-state index in [-0.39, 0.29) is 5.75 Å². The standard InChI is InChI=1S/C20H25NO3/c1-15(2)7-8-17-18(22)13-16(14-19(17)23-3)9-11-20(24-4)10-5-6-12-21-20/h5-6,9-14,21-22H,1,7-8H2,2-4H3. The Balaban J connectivity index is 2.26. The van der Waals surface area contributed by atoms with E-state index in [1.165, 1.54) is 0 Å². The number of aromatic hydroxyl groups is 1. The summed E-state index contributed by atoms with van der Waals surface area (Å²) in [6.07, 6.45) is 12.9. The van der Waals surface area contributed by atoms with Crippen LogP contribution >= 0.6 is 0 Å². The summed E-state index contributed by atoms with van der Waals surface area (Å²) in [5, 5.41) is 13.5. The van der Waals surface area contributed by atoms with Crippen LogP contribution in [0.4, 0.5) is 0 Å². The van der Waals surface area contributed by atoms with E-state index in [9.17, 15) is 5.11 Å². The minimum Gasteiger partial charge on any atom is -0.508 e. The fourth-order valence-corrected chi connectivity index (χ4v) is 2.52. The van der Waals surface area contributed by atoms with Crippen LogP contribution in [0.2, 0.25) is 0 Å². The Morgan fingerprint density at radius 1 is 1.33 bits per heavy atom. The first-order valence-electron chi connectivity index (χ1n) is 7.90. The molecule has 1 heterocycles. The Labute approximate surface area is 143 Å². The highest BCUT2D eigenvalue weighted by atomic mass is 16.5. The van der Waals surface area contributed by atoms with E-state index >= 15 is 0 Å². The molecular weight excluding hydrogens is 302 g/mol. The normalized spacial score (nSPS) is 19.5. The third kappa shape index (κ3) is 4.30. The Morgan fingerprint density at radius 3 is 2.71 bits per heavy atom. The molecule has 0 aromatic heterocycles. The highest BCUT2D eigenvalue weighted by Crippen LogP contribution is 2.32. The predicted molar refractivity (Wildman–Crippen MR) is 98.0 cm³/mol. The van der Waals surface area contributed by atoms with E-state index in [1.54, 1.807) is 20.3 Å². The van der Waals surface area contributed by atoms with Crippen LogP contribution in [-0.4, -0.2) is 25.1 Å². The zero-order valence-corrected chi connectivity index (χ0v) is 14.5. The summed E-state index contributed by atoms with van der Waals surface area (Å²) in [6, 6.07) is 3.65. The molecule has 1 unspecified atom stereocenters. The van der Waals surface area contributed by atoms with E-state index in [4.69, 9.17) is 9.47 Å². The van der Waals surface area contributed by atoms with Gasteiger partial charge in [0.2, 0.25) is 0 Å². The smallest absolute Gasteiger partial charge is 0.177 e. The number of hydrogen-bond acceptors (Lipinski definition) is 4. The molecule has 0 saturated heterocycles. The van der Waals surface area contributed by atoms with E-state index in [1.807, 2.05) is 49.6 Å². The molecule has 1 aromatic rings. The molecule has 2 rings (SSSR count). The maximum Gasteiger partial charge on any atom is 0.177 e. The maximum atomic E-state index is 10.4. The molecule has 128 valence electrons. The fraction of sp³-hybridized carbons (Fsp3) is 0.300. The monoisotopic (exact) mass is 327 g/mol. The van der Waals surface area contributed by atoms with E-state index in [0.29, 0.717) is 12.2 Å². The lowest BCUT2D eigenvalue weighted by atomic mass is 10.0. The van der Waals surface area contributed by atoms with Crippen LogP contribution in [0.25, 0.3) is 6.08 Å². The van der Waals surface area contributed by atoms with Gasteiger partial charge in [0.1, 0.15) is 11.5 Å². The van der Waals surface area contributed by atoms with Gasteiger partial charge < -0.3 is 19.9 Å². The summed E-state index contributed by atoms with van der Waals surface area (Å²) >= 11 is 0. The summed E-state index contributed by atoms with van der Waals surface area (Å²) in [5.41, 5.74) is 2.03. The minimum absolute atomic E-state index is 0.230. The van der Waals surface area contributed by atoms with Crippen LogP contribution in [-0.2, 0) is 11.2 Å². The second-order valence-electron chi connectivity index (χ2n) is 5.87. The molecular formula is C20H25NO3. The van der Waals surface area contributed by atoms with Gasteiger partial charge in [-0.25, -0.2) is 0 Å². The van der Waals surface area contributed by atoms with Crippen molar-refractivity contribution in [1.29, 1.82) is 0 Å². The molecule has 0 saturated carbocycles. The van der Waals surface area contributed by atoms with E-state index in [0.717, 1.165) is 23.1 Å². The van der Waals surface area contributed by atoms with Crippen LogP contribution in [0.1, 0.15) is 24.5 Å². The predicted octanol–water partition coefficient (Wildman–Crippen LogP) is 3.94. The second-order valence-corrected chi connectivity index (χ2v) is 5.87. The summed E-state index contributed by atoms with van der Waals surface area (Å²) < 4.78 is 11.0. The van der Waals surface area contributed by atoms with Crippen molar-refractivity contribution in [1.82, 2.24) is 5.32 Å². The van der Waals surface area contributed by atoms with Gasteiger partial charge >= 0.3 is 0 Å². The molecule has 1 atom stereocenters. The third-order valence-electron chi connectivity index (χ3n) is 3.95. The maximum absolute atomic E-state index is 10.4. The molecule has 0 bridgehead atoms.